The number of thiocyanates is 1. The maximum absolute atomic E-state index is 13.6. The van der Waals surface area contributed by atoms with Crippen molar-refractivity contribution >= 4 is 23.6 Å². The van der Waals surface area contributed by atoms with Crippen molar-refractivity contribution < 1.29 is 18.0 Å². The summed E-state index contributed by atoms with van der Waals surface area (Å²) in [5.41, 5.74) is 2.69. The molecule has 6 nitrogen and oxygen atoms in total. The van der Waals surface area contributed by atoms with Crippen LogP contribution in [0.5, 0.6) is 0 Å². The first-order valence-corrected chi connectivity index (χ1v) is 12.0. The molecule has 3 aliphatic heterocycles. The Balaban J connectivity index is 1.35. The van der Waals surface area contributed by atoms with Crippen molar-refractivity contribution in [2.24, 2.45) is 4.99 Å². The molecule has 0 bridgehead atoms. The number of rotatable bonds is 5. The van der Waals surface area contributed by atoms with E-state index in [2.05, 4.69) is 20.2 Å². The van der Waals surface area contributed by atoms with Crippen molar-refractivity contribution in [1.82, 2.24) is 14.7 Å². The molecule has 2 aromatic rings. The molecule has 0 atom stereocenters. The van der Waals surface area contributed by atoms with Gasteiger partial charge in [0.25, 0.3) is 5.91 Å². The van der Waals surface area contributed by atoms with Crippen LogP contribution in [-0.4, -0.2) is 52.7 Å². The van der Waals surface area contributed by atoms with Crippen LogP contribution in [0.25, 0.3) is 0 Å². The number of amides is 1. The van der Waals surface area contributed by atoms with Crippen molar-refractivity contribution in [1.29, 1.82) is 5.26 Å². The lowest BCUT2D eigenvalue weighted by Crippen LogP contribution is -2.53. The number of thioether (sulfide) groups is 1. The zero-order chi connectivity index (χ0) is 24.6. The van der Waals surface area contributed by atoms with Crippen molar-refractivity contribution in [3.05, 3.63) is 76.5 Å². The second-order valence-corrected chi connectivity index (χ2v) is 9.50. The van der Waals surface area contributed by atoms with Gasteiger partial charge in [-0.25, -0.2) is 0 Å². The van der Waals surface area contributed by atoms with E-state index in [4.69, 9.17) is 5.26 Å². The maximum atomic E-state index is 13.6. The second-order valence-electron chi connectivity index (χ2n) is 8.65. The Hall–Kier alpha value is -3.29. The Morgan fingerprint density at radius 2 is 1.86 bits per heavy atom. The quantitative estimate of drug-likeness (QED) is 0.451. The van der Waals surface area contributed by atoms with Crippen molar-refractivity contribution in [3.8, 4) is 5.40 Å². The minimum Gasteiger partial charge on any atom is -0.314 e. The summed E-state index contributed by atoms with van der Waals surface area (Å²) in [4.78, 5) is 24.9. The van der Waals surface area contributed by atoms with E-state index < -0.39 is 11.7 Å². The van der Waals surface area contributed by atoms with Crippen LogP contribution in [0.3, 0.4) is 0 Å². The van der Waals surface area contributed by atoms with Gasteiger partial charge >= 0.3 is 6.18 Å². The average Bonchev–Trinajstić information content (AvgIpc) is 3.32. The number of hydrogen-bond acceptors (Lipinski definition) is 6. The fraction of sp³-hybridized carbons (Fsp3) is 0.320. The molecular formula is C25H22F3N5OS. The number of nitrogens with zero attached hydrogens (tertiary/aromatic N) is 5. The lowest BCUT2D eigenvalue weighted by Gasteiger charge is -2.42. The molecule has 3 aliphatic rings. The first kappa shape index (κ1) is 23.5. The van der Waals surface area contributed by atoms with Gasteiger partial charge in [0.1, 0.15) is 5.40 Å². The molecule has 2 aromatic carbocycles. The fourth-order valence-corrected chi connectivity index (χ4v) is 5.21. The number of halogens is 3. The monoisotopic (exact) mass is 497 g/mol. The van der Waals surface area contributed by atoms with Gasteiger partial charge in [-0.05, 0) is 47.2 Å². The third-order valence-electron chi connectivity index (χ3n) is 6.37. The van der Waals surface area contributed by atoms with Crippen LogP contribution < -0.4 is 0 Å². The zero-order valence-electron chi connectivity index (χ0n) is 18.8. The SMILES string of the molecule is N#CSc1cccc(CN2CCC3=C(C2)C(=O)N(Cc2ccc(C(F)(F)F)cc2)C2=NCCN23)c1. The molecule has 10 heteroatoms. The first-order valence-electron chi connectivity index (χ1n) is 11.2. The highest BCUT2D eigenvalue weighted by molar-refractivity contribution is 8.03. The summed E-state index contributed by atoms with van der Waals surface area (Å²) in [6.45, 7) is 3.37. The van der Waals surface area contributed by atoms with Crippen LogP contribution in [0.4, 0.5) is 13.2 Å². The highest BCUT2D eigenvalue weighted by Crippen LogP contribution is 2.33. The Labute approximate surface area is 205 Å². The summed E-state index contributed by atoms with van der Waals surface area (Å²) >= 11 is 1.12. The Morgan fingerprint density at radius 1 is 1.06 bits per heavy atom. The lowest BCUT2D eigenvalue weighted by molar-refractivity contribution is -0.137. The molecule has 0 saturated heterocycles. The summed E-state index contributed by atoms with van der Waals surface area (Å²) in [5, 5.41) is 11.0. The van der Waals surface area contributed by atoms with Gasteiger partial charge in [-0.15, -0.1) is 0 Å². The van der Waals surface area contributed by atoms with Crippen LogP contribution >= 0.6 is 11.8 Å². The number of carbonyl (C=O) groups is 1. The minimum atomic E-state index is -4.40. The Morgan fingerprint density at radius 3 is 2.60 bits per heavy atom. The Bertz CT molecular complexity index is 1250. The molecule has 0 N–H and O–H groups in total. The number of carbonyl (C=O) groups excluding carboxylic acids is 1. The van der Waals surface area contributed by atoms with E-state index in [1.807, 2.05) is 24.3 Å². The number of hydrogen-bond donors (Lipinski definition) is 0. The molecular weight excluding hydrogens is 475 g/mol. The standard InChI is InChI=1S/C25H22F3N5OS/c26-25(27,28)19-6-4-17(5-7-19)14-33-23(34)21-15-31(10-8-22(21)32-11-9-30-24(32)33)13-18-2-1-3-20(12-18)35-16-29/h1-7,12H,8-11,13-15H2. The average molecular weight is 498 g/mol. The summed E-state index contributed by atoms with van der Waals surface area (Å²) in [6.07, 6.45) is -3.68. The predicted octanol–water partition coefficient (Wildman–Crippen LogP) is 4.45. The van der Waals surface area contributed by atoms with E-state index in [9.17, 15) is 18.0 Å². The summed E-state index contributed by atoms with van der Waals surface area (Å²) in [5.74, 6) is 0.443. The van der Waals surface area contributed by atoms with Gasteiger partial charge in [-0.1, -0.05) is 24.3 Å². The van der Waals surface area contributed by atoms with E-state index in [-0.39, 0.29) is 12.5 Å². The van der Waals surface area contributed by atoms with E-state index in [1.165, 1.54) is 12.1 Å². The van der Waals surface area contributed by atoms with Gasteiger partial charge in [0.15, 0.2) is 0 Å². The molecule has 0 spiro atoms. The number of guanidine groups is 1. The molecule has 180 valence electrons. The second kappa shape index (κ2) is 9.40. The van der Waals surface area contributed by atoms with E-state index in [1.54, 1.807) is 4.90 Å². The summed E-state index contributed by atoms with van der Waals surface area (Å²) in [7, 11) is 0. The summed E-state index contributed by atoms with van der Waals surface area (Å²) < 4.78 is 38.8. The molecule has 0 aliphatic carbocycles. The number of fused-ring (bicyclic) bond motifs is 2. The largest absolute Gasteiger partial charge is 0.416 e. The van der Waals surface area contributed by atoms with Crippen LogP contribution in [0.15, 0.2) is 69.7 Å². The molecule has 1 amide bonds. The number of aliphatic imine (C=N–C) groups is 1. The number of benzene rings is 2. The molecule has 0 saturated carbocycles. The normalized spacial score (nSPS) is 18.3. The molecule has 0 aromatic heterocycles. The van der Waals surface area contributed by atoms with E-state index >= 15 is 0 Å². The van der Waals surface area contributed by atoms with Gasteiger partial charge in [-0.2, -0.15) is 18.4 Å². The lowest BCUT2D eigenvalue weighted by atomic mass is 10.00. The molecule has 0 radical (unpaired) electrons. The number of nitriles is 1. The van der Waals surface area contributed by atoms with Crippen molar-refractivity contribution in [2.75, 3.05) is 26.2 Å². The van der Waals surface area contributed by atoms with Crippen LogP contribution in [0.1, 0.15) is 23.1 Å². The van der Waals surface area contributed by atoms with Gasteiger partial charge in [0.2, 0.25) is 5.96 Å². The molecule has 3 heterocycles. The molecule has 5 rings (SSSR count). The van der Waals surface area contributed by atoms with Gasteiger partial charge in [0.05, 0.1) is 24.2 Å². The molecule has 35 heavy (non-hydrogen) atoms. The van der Waals surface area contributed by atoms with Crippen LogP contribution in [0, 0.1) is 10.7 Å². The minimum absolute atomic E-state index is 0.143. The Kier molecular flexibility index (Phi) is 6.30. The van der Waals surface area contributed by atoms with Crippen LogP contribution in [-0.2, 0) is 24.1 Å². The maximum Gasteiger partial charge on any atom is 0.416 e. The van der Waals surface area contributed by atoms with Crippen molar-refractivity contribution in [3.63, 3.8) is 0 Å². The first-order chi connectivity index (χ1) is 16.8. The van der Waals surface area contributed by atoms with Crippen LogP contribution in [0.2, 0.25) is 0 Å². The van der Waals surface area contributed by atoms with Gasteiger partial charge < -0.3 is 4.90 Å². The third-order valence-corrected chi connectivity index (χ3v) is 6.95. The third kappa shape index (κ3) is 4.79. The van der Waals surface area contributed by atoms with Crippen molar-refractivity contribution in [2.45, 2.75) is 30.6 Å². The smallest absolute Gasteiger partial charge is 0.314 e. The highest BCUT2D eigenvalue weighted by Gasteiger charge is 2.41. The zero-order valence-corrected chi connectivity index (χ0v) is 19.6. The number of alkyl halides is 3. The van der Waals surface area contributed by atoms with Gasteiger partial charge in [-0.3, -0.25) is 19.6 Å². The van der Waals surface area contributed by atoms with E-state index in [0.717, 1.165) is 53.0 Å². The molecule has 0 fully saturated rings. The predicted molar refractivity (Wildman–Crippen MR) is 126 cm³/mol. The summed E-state index contributed by atoms with van der Waals surface area (Å²) in [6, 6.07) is 12.7. The fourth-order valence-electron chi connectivity index (χ4n) is 4.75. The highest BCUT2D eigenvalue weighted by atomic mass is 32.2. The van der Waals surface area contributed by atoms with E-state index in [0.29, 0.717) is 43.3 Å². The topological polar surface area (TPSA) is 62.9 Å². The van der Waals surface area contributed by atoms with Gasteiger partial charge in [0, 0.05) is 43.2 Å². The molecule has 0 unspecified atom stereocenters.